The van der Waals surface area contributed by atoms with Crippen LogP contribution in [-0.4, -0.2) is 48.0 Å². The highest BCUT2D eigenvalue weighted by atomic mass is 32.1. The highest BCUT2D eigenvalue weighted by molar-refractivity contribution is 7.19. The molecular weight excluding hydrogens is 296 g/mol. The molecule has 0 bridgehead atoms. The molecule has 3 rings (SSSR count). The maximum atomic E-state index is 12.2. The molecule has 0 atom stereocenters. The second-order valence-corrected chi connectivity index (χ2v) is 7.03. The normalized spacial score (nSPS) is 13.4. The molecule has 0 aliphatic heterocycles. The number of carbonyl (C=O) groups excluding carboxylic acids is 1. The Balaban J connectivity index is 2.03. The van der Waals surface area contributed by atoms with Gasteiger partial charge in [0.1, 0.15) is 17.0 Å². The molecule has 0 aromatic carbocycles. The number of rotatable bonds is 5. The summed E-state index contributed by atoms with van der Waals surface area (Å²) in [6.45, 7) is 3.33. The van der Waals surface area contributed by atoms with E-state index in [2.05, 4.69) is 21.8 Å². The number of carbonyl (C=O) groups is 1. The molecule has 0 saturated carbocycles. The van der Waals surface area contributed by atoms with Crippen molar-refractivity contribution < 1.29 is 4.79 Å². The number of anilines is 1. The number of nitrogens with zero attached hydrogens (tertiary/aromatic N) is 4. The molecule has 2 aromatic heterocycles. The van der Waals surface area contributed by atoms with Crippen LogP contribution >= 0.6 is 11.3 Å². The number of hydrogen-bond acceptors (Lipinski definition) is 5. The van der Waals surface area contributed by atoms with Gasteiger partial charge in [0, 0.05) is 25.5 Å². The molecule has 2 aromatic rings. The van der Waals surface area contributed by atoms with Gasteiger partial charge in [0.2, 0.25) is 5.91 Å². The molecule has 0 fully saturated rings. The van der Waals surface area contributed by atoms with Gasteiger partial charge in [0.05, 0.1) is 11.9 Å². The van der Waals surface area contributed by atoms with Gasteiger partial charge in [-0.1, -0.05) is 6.92 Å². The van der Waals surface area contributed by atoms with E-state index >= 15 is 0 Å². The molecule has 0 spiro atoms. The molecule has 0 saturated heterocycles. The lowest BCUT2D eigenvalue weighted by molar-refractivity contribution is -0.127. The lowest BCUT2D eigenvalue weighted by Crippen LogP contribution is -2.37. The Morgan fingerprint density at radius 2 is 2.14 bits per heavy atom. The van der Waals surface area contributed by atoms with Crippen molar-refractivity contribution in [2.45, 2.75) is 32.6 Å². The van der Waals surface area contributed by atoms with E-state index in [0.717, 1.165) is 36.5 Å². The summed E-state index contributed by atoms with van der Waals surface area (Å²) < 4.78 is 0. The molecule has 2 heterocycles. The third-order valence-electron chi connectivity index (χ3n) is 4.10. The average molecular weight is 318 g/mol. The molecule has 1 aliphatic carbocycles. The average Bonchev–Trinajstić information content (AvgIpc) is 3.06. The Morgan fingerprint density at radius 3 is 2.86 bits per heavy atom. The fraction of sp³-hybridized carbons (Fsp3) is 0.562. The third kappa shape index (κ3) is 2.67. The Morgan fingerprint density at radius 1 is 1.32 bits per heavy atom. The Hall–Kier alpha value is -1.69. The van der Waals surface area contributed by atoms with Crippen LogP contribution in [0.25, 0.3) is 10.2 Å². The van der Waals surface area contributed by atoms with Crippen molar-refractivity contribution in [1.82, 2.24) is 14.9 Å². The number of aryl methyl sites for hydroxylation is 2. The summed E-state index contributed by atoms with van der Waals surface area (Å²) in [5.41, 5.74) is 1.41. The third-order valence-corrected chi connectivity index (χ3v) is 5.30. The van der Waals surface area contributed by atoms with Gasteiger partial charge in [-0.25, -0.2) is 9.97 Å². The predicted octanol–water partition coefficient (Wildman–Crippen LogP) is 2.48. The summed E-state index contributed by atoms with van der Waals surface area (Å²) in [4.78, 5) is 27.4. The molecule has 0 radical (unpaired) electrons. The molecule has 118 valence electrons. The van der Waals surface area contributed by atoms with Crippen LogP contribution in [-0.2, 0) is 17.6 Å². The number of aromatic nitrogens is 2. The summed E-state index contributed by atoms with van der Waals surface area (Å²) in [6, 6.07) is 0. The summed E-state index contributed by atoms with van der Waals surface area (Å²) in [5, 5.41) is 1.18. The topological polar surface area (TPSA) is 49.3 Å². The number of likely N-dealkylation sites (N-methyl/N-ethyl adjacent to an activating group) is 1. The first-order valence-corrected chi connectivity index (χ1v) is 8.63. The van der Waals surface area contributed by atoms with E-state index in [0.29, 0.717) is 6.54 Å². The summed E-state index contributed by atoms with van der Waals surface area (Å²) in [7, 11) is 3.59. The van der Waals surface area contributed by atoms with Crippen molar-refractivity contribution in [2.75, 3.05) is 32.1 Å². The smallest absolute Gasteiger partial charge is 0.241 e. The van der Waals surface area contributed by atoms with Crippen LogP contribution in [0.15, 0.2) is 6.33 Å². The van der Waals surface area contributed by atoms with Gasteiger partial charge in [-0.2, -0.15) is 0 Å². The number of fused-ring (bicyclic) bond motifs is 3. The van der Waals surface area contributed by atoms with Gasteiger partial charge in [0.15, 0.2) is 0 Å². The zero-order valence-electron chi connectivity index (χ0n) is 13.4. The number of hydrogen-bond donors (Lipinski definition) is 0. The predicted molar refractivity (Wildman–Crippen MR) is 90.6 cm³/mol. The number of amides is 1. The van der Waals surface area contributed by atoms with Gasteiger partial charge in [-0.3, -0.25) is 4.79 Å². The minimum Gasteiger partial charge on any atom is -0.347 e. The fourth-order valence-corrected chi connectivity index (χ4v) is 4.21. The van der Waals surface area contributed by atoms with E-state index in [1.54, 1.807) is 36.7 Å². The highest BCUT2D eigenvalue weighted by Gasteiger charge is 2.24. The summed E-state index contributed by atoms with van der Waals surface area (Å²) in [6.07, 6.45) is 6.10. The SMILES string of the molecule is CCCN(CC(=O)N(C)C)c1ncnc2sc3c(c12)CCC3. The Kier molecular flexibility index (Phi) is 4.29. The molecule has 1 aliphatic rings. The zero-order valence-corrected chi connectivity index (χ0v) is 14.2. The molecule has 6 heteroatoms. The largest absolute Gasteiger partial charge is 0.347 e. The van der Waals surface area contributed by atoms with Crippen LogP contribution in [0.2, 0.25) is 0 Å². The van der Waals surface area contributed by atoms with E-state index < -0.39 is 0 Å². The summed E-state index contributed by atoms with van der Waals surface area (Å²) >= 11 is 1.79. The minimum atomic E-state index is 0.104. The number of thiophene rings is 1. The second kappa shape index (κ2) is 6.20. The van der Waals surface area contributed by atoms with Crippen molar-refractivity contribution in [3.8, 4) is 0 Å². The molecular formula is C16H22N4OS. The highest BCUT2D eigenvalue weighted by Crippen LogP contribution is 2.40. The van der Waals surface area contributed by atoms with Crippen LogP contribution < -0.4 is 4.90 Å². The van der Waals surface area contributed by atoms with Crippen LogP contribution in [0.4, 0.5) is 5.82 Å². The van der Waals surface area contributed by atoms with E-state index in [1.165, 1.54) is 22.2 Å². The van der Waals surface area contributed by atoms with Gasteiger partial charge in [0.25, 0.3) is 0 Å². The van der Waals surface area contributed by atoms with E-state index in [-0.39, 0.29) is 5.91 Å². The minimum absolute atomic E-state index is 0.104. The van der Waals surface area contributed by atoms with E-state index in [4.69, 9.17) is 0 Å². The molecule has 0 N–H and O–H groups in total. The maximum Gasteiger partial charge on any atom is 0.241 e. The Labute approximate surface area is 135 Å². The van der Waals surface area contributed by atoms with Crippen molar-refractivity contribution in [1.29, 1.82) is 0 Å². The lowest BCUT2D eigenvalue weighted by atomic mass is 10.1. The van der Waals surface area contributed by atoms with Crippen LogP contribution in [0, 0.1) is 0 Å². The van der Waals surface area contributed by atoms with Crippen molar-refractivity contribution in [2.24, 2.45) is 0 Å². The van der Waals surface area contributed by atoms with Crippen molar-refractivity contribution in [3.05, 3.63) is 16.8 Å². The van der Waals surface area contributed by atoms with Crippen LogP contribution in [0.3, 0.4) is 0 Å². The molecule has 22 heavy (non-hydrogen) atoms. The van der Waals surface area contributed by atoms with E-state index in [9.17, 15) is 4.79 Å². The Bertz CT molecular complexity index is 695. The molecule has 5 nitrogen and oxygen atoms in total. The zero-order chi connectivity index (χ0) is 15.7. The molecule has 0 unspecified atom stereocenters. The first-order chi connectivity index (χ1) is 10.6. The van der Waals surface area contributed by atoms with Crippen molar-refractivity contribution >= 4 is 33.3 Å². The summed E-state index contributed by atoms with van der Waals surface area (Å²) in [5.74, 6) is 1.04. The first-order valence-electron chi connectivity index (χ1n) is 7.82. The lowest BCUT2D eigenvalue weighted by Gasteiger charge is -2.25. The maximum absolute atomic E-state index is 12.2. The second-order valence-electron chi connectivity index (χ2n) is 5.94. The van der Waals surface area contributed by atoms with Crippen molar-refractivity contribution in [3.63, 3.8) is 0 Å². The van der Waals surface area contributed by atoms with Crippen LogP contribution in [0.1, 0.15) is 30.2 Å². The van der Waals surface area contributed by atoms with Crippen LogP contribution in [0.5, 0.6) is 0 Å². The monoisotopic (exact) mass is 318 g/mol. The van der Waals surface area contributed by atoms with Gasteiger partial charge in [-0.15, -0.1) is 11.3 Å². The molecule has 1 amide bonds. The van der Waals surface area contributed by atoms with Gasteiger partial charge in [-0.05, 0) is 31.2 Å². The quantitative estimate of drug-likeness (QED) is 0.850. The fourth-order valence-electron chi connectivity index (χ4n) is 2.99. The van der Waals surface area contributed by atoms with Gasteiger partial charge >= 0.3 is 0 Å². The van der Waals surface area contributed by atoms with Gasteiger partial charge < -0.3 is 9.80 Å². The standard InChI is InChI=1S/C16H22N4OS/c1-4-8-20(9-13(21)19(2)3)15-14-11-6-5-7-12(11)22-16(14)18-10-17-15/h10H,4-9H2,1-3H3. The first kappa shape index (κ1) is 15.2. The van der Waals surface area contributed by atoms with E-state index in [1.807, 2.05) is 0 Å².